The van der Waals surface area contributed by atoms with Gasteiger partial charge in [-0.2, -0.15) is 5.10 Å². The van der Waals surface area contributed by atoms with E-state index in [0.717, 1.165) is 24.0 Å². The molecule has 2 fully saturated rings. The van der Waals surface area contributed by atoms with Crippen LogP contribution in [0.3, 0.4) is 0 Å². The molecule has 0 radical (unpaired) electrons. The number of nitrogens with zero attached hydrogens (tertiary/aromatic N) is 4. The number of nitrogens with one attached hydrogen (secondary N) is 1. The van der Waals surface area contributed by atoms with Gasteiger partial charge in [0.05, 0.1) is 21.5 Å². The highest BCUT2D eigenvalue weighted by molar-refractivity contribution is 6.36. The Kier molecular flexibility index (Phi) is 3.37. The maximum Gasteiger partial charge on any atom is 0.165 e. The Bertz CT molecular complexity index is 1000. The minimum atomic E-state index is -0.394. The van der Waals surface area contributed by atoms with E-state index >= 15 is 0 Å². The first-order chi connectivity index (χ1) is 12.6. The van der Waals surface area contributed by atoms with Gasteiger partial charge in [0.1, 0.15) is 5.82 Å². The molecule has 1 aliphatic heterocycles. The van der Waals surface area contributed by atoms with Gasteiger partial charge in [0.25, 0.3) is 0 Å². The smallest absolute Gasteiger partial charge is 0.165 e. The fraction of sp³-hybridized carbons (Fsp3) is 0.333. The Hall–Kier alpha value is -2.41. The second-order valence-corrected chi connectivity index (χ2v) is 7.37. The number of aromatic nitrogens is 3. The third-order valence-electron chi connectivity index (χ3n) is 5.33. The lowest BCUT2D eigenvalue weighted by molar-refractivity contribution is 0.494. The number of H-pyrrole nitrogens is 1. The van der Waals surface area contributed by atoms with Crippen molar-refractivity contribution in [1.29, 1.82) is 0 Å². The molecule has 1 saturated heterocycles. The van der Waals surface area contributed by atoms with Crippen molar-refractivity contribution >= 4 is 34.1 Å². The number of hydrogen-bond donors (Lipinski definition) is 1. The van der Waals surface area contributed by atoms with Crippen molar-refractivity contribution in [3.8, 4) is 0 Å². The molecule has 8 heteroatoms. The molecule has 3 heterocycles. The van der Waals surface area contributed by atoms with Crippen LogP contribution in [0.4, 0.5) is 20.4 Å². The normalized spacial score (nSPS) is 18.7. The van der Waals surface area contributed by atoms with Gasteiger partial charge >= 0.3 is 0 Å². The highest BCUT2D eigenvalue weighted by atomic mass is 35.5. The zero-order chi connectivity index (χ0) is 17.9. The van der Waals surface area contributed by atoms with E-state index in [1.54, 1.807) is 12.3 Å². The molecule has 2 aliphatic rings. The van der Waals surface area contributed by atoms with Gasteiger partial charge in [0.15, 0.2) is 17.5 Å². The number of rotatable bonds is 2. The molecule has 1 aliphatic carbocycles. The van der Waals surface area contributed by atoms with Crippen molar-refractivity contribution < 1.29 is 8.78 Å². The number of pyridine rings is 1. The second-order valence-electron chi connectivity index (χ2n) is 6.96. The summed E-state index contributed by atoms with van der Waals surface area (Å²) in [5.74, 6) is 0.434. The van der Waals surface area contributed by atoms with E-state index in [1.807, 2.05) is 4.90 Å². The summed E-state index contributed by atoms with van der Waals surface area (Å²) in [5, 5.41) is 8.37. The summed E-state index contributed by atoms with van der Waals surface area (Å²) in [4.78, 5) is 8.43. The van der Waals surface area contributed by atoms with Crippen LogP contribution in [-0.2, 0) is 0 Å². The molecule has 26 heavy (non-hydrogen) atoms. The Morgan fingerprint density at radius 1 is 1.15 bits per heavy atom. The molecule has 1 N–H and O–H groups in total. The molecule has 0 unspecified atom stereocenters. The molecule has 3 aromatic rings. The maximum absolute atomic E-state index is 14.1. The summed E-state index contributed by atoms with van der Waals surface area (Å²) < 4.78 is 27.7. The average molecular weight is 376 g/mol. The van der Waals surface area contributed by atoms with Crippen molar-refractivity contribution in [2.24, 2.45) is 0 Å². The van der Waals surface area contributed by atoms with E-state index in [0.29, 0.717) is 36.0 Å². The quantitative estimate of drug-likeness (QED) is 0.741. The number of fused-ring (bicyclic) bond motifs is 1. The predicted octanol–water partition coefficient (Wildman–Crippen LogP) is 3.75. The van der Waals surface area contributed by atoms with Crippen LogP contribution in [0, 0.1) is 11.6 Å². The van der Waals surface area contributed by atoms with Crippen LogP contribution in [-0.4, -0.2) is 40.4 Å². The molecule has 1 saturated carbocycles. The fourth-order valence-corrected chi connectivity index (χ4v) is 4.22. The van der Waals surface area contributed by atoms with E-state index in [-0.39, 0.29) is 11.4 Å². The standard InChI is InChI=1S/C18H16ClF2N5/c19-12-8-11(20)9-14-15(12)17(24-23-14)26-7-6-25(10-18(26)3-4-18)16-13(21)2-1-5-22-16/h1-2,5,8-9H,3-4,6-7,10H2,(H,23,24). The summed E-state index contributed by atoms with van der Waals surface area (Å²) >= 11 is 6.29. The van der Waals surface area contributed by atoms with E-state index in [4.69, 9.17) is 11.6 Å². The Labute approximate surface area is 153 Å². The first kappa shape index (κ1) is 15.8. The lowest BCUT2D eigenvalue weighted by Gasteiger charge is -2.43. The van der Waals surface area contributed by atoms with Crippen molar-refractivity contribution in [3.63, 3.8) is 0 Å². The Morgan fingerprint density at radius 3 is 2.77 bits per heavy atom. The zero-order valence-electron chi connectivity index (χ0n) is 13.8. The molecule has 1 aromatic carbocycles. The number of benzene rings is 1. The van der Waals surface area contributed by atoms with Gasteiger partial charge in [0, 0.05) is 25.8 Å². The SMILES string of the molecule is Fc1cc(Cl)c2c(N3CCN(c4ncccc4F)CC34CC4)n[nH]c2c1. The Balaban J connectivity index is 1.51. The third-order valence-corrected chi connectivity index (χ3v) is 5.63. The Morgan fingerprint density at radius 2 is 2.00 bits per heavy atom. The molecular weight excluding hydrogens is 360 g/mol. The van der Waals surface area contributed by atoms with E-state index in [2.05, 4.69) is 20.1 Å². The van der Waals surface area contributed by atoms with Crippen LogP contribution < -0.4 is 9.80 Å². The van der Waals surface area contributed by atoms with Crippen LogP contribution >= 0.6 is 11.6 Å². The molecule has 134 valence electrons. The lowest BCUT2D eigenvalue weighted by atomic mass is 10.1. The van der Waals surface area contributed by atoms with Gasteiger partial charge < -0.3 is 9.80 Å². The number of aromatic amines is 1. The number of piperazine rings is 1. The van der Waals surface area contributed by atoms with Crippen LogP contribution in [0.1, 0.15) is 12.8 Å². The third kappa shape index (κ3) is 2.34. The van der Waals surface area contributed by atoms with Gasteiger partial charge in [-0.25, -0.2) is 13.8 Å². The van der Waals surface area contributed by atoms with Crippen LogP contribution in [0.5, 0.6) is 0 Å². The monoisotopic (exact) mass is 375 g/mol. The number of hydrogen-bond acceptors (Lipinski definition) is 4. The van der Waals surface area contributed by atoms with Crippen LogP contribution in [0.25, 0.3) is 10.9 Å². The minimum absolute atomic E-state index is 0.109. The van der Waals surface area contributed by atoms with Gasteiger partial charge in [-0.05, 0) is 37.1 Å². The number of anilines is 2. The highest BCUT2D eigenvalue weighted by Crippen LogP contribution is 2.48. The lowest BCUT2D eigenvalue weighted by Crippen LogP contribution is -2.56. The fourth-order valence-electron chi connectivity index (χ4n) is 3.92. The summed E-state index contributed by atoms with van der Waals surface area (Å²) in [7, 11) is 0. The largest absolute Gasteiger partial charge is 0.350 e. The zero-order valence-corrected chi connectivity index (χ0v) is 14.6. The van der Waals surface area contributed by atoms with Crippen LogP contribution in [0.2, 0.25) is 5.02 Å². The molecule has 0 atom stereocenters. The topological polar surface area (TPSA) is 48.1 Å². The van der Waals surface area contributed by atoms with Gasteiger partial charge in [-0.15, -0.1) is 0 Å². The second kappa shape index (κ2) is 5.54. The molecule has 5 nitrogen and oxygen atoms in total. The van der Waals surface area contributed by atoms with E-state index < -0.39 is 5.82 Å². The predicted molar refractivity (Wildman–Crippen MR) is 96.8 cm³/mol. The summed E-state index contributed by atoms with van der Waals surface area (Å²) in [6.07, 6.45) is 3.59. The van der Waals surface area contributed by atoms with E-state index in [1.165, 1.54) is 18.2 Å². The molecule has 5 rings (SSSR count). The summed E-state index contributed by atoms with van der Waals surface area (Å²) in [5.41, 5.74) is 0.473. The summed E-state index contributed by atoms with van der Waals surface area (Å²) in [6.45, 7) is 1.97. The number of halogens is 3. The van der Waals surface area contributed by atoms with Crippen LogP contribution in [0.15, 0.2) is 30.5 Å². The first-order valence-electron chi connectivity index (χ1n) is 8.54. The van der Waals surface area contributed by atoms with Crippen molar-refractivity contribution in [2.75, 3.05) is 29.4 Å². The molecule has 2 aromatic heterocycles. The minimum Gasteiger partial charge on any atom is -0.350 e. The molecule has 0 bridgehead atoms. The van der Waals surface area contributed by atoms with Crippen molar-refractivity contribution in [1.82, 2.24) is 15.2 Å². The maximum atomic E-state index is 14.1. The van der Waals surface area contributed by atoms with Gasteiger partial charge in [0.2, 0.25) is 0 Å². The van der Waals surface area contributed by atoms with Crippen molar-refractivity contribution in [3.05, 3.63) is 47.1 Å². The molecular formula is C18H16ClF2N5. The average Bonchev–Trinajstić information content (AvgIpc) is 3.23. The van der Waals surface area contributed by atoms with Gasteiger partial charge in [-0.1, -0.05) is 11.6 Å². The highest BCUT2D eigenvalue weighted by Gasteiger charge is 2.53. The summed E-state index contributed by atoms with van der Waals surface area (Å²) in [6, 6.07) is 5.74. The van der Waals surface area contributed by atoms with Crippen molar-refractivity contribution in [2.45, 2.75) is 18.4 Å². The first-order valence-corrected chi connectivity index (χ1v) is 8.91. The van der Waals surface area contributed by atoms with Gasteiger partial charge in [-0.3, -0.25) is 5.10 Å². The molecule has 0 amide bonds. The van der Waals surface area contributed by atoms with E-state index in [9.17, 15) is 8.78 Å². The molecule has 1 spiro atoms.